The van der Waals surface area contributed by atoms with Crippen LogP contribution in [-0.2, 0) is 0 Å². The topological polar surface area (TPSA) is 62.5 Å². The highest BCUT2D eigenvalue weighted by molar-refractivity contribution is 5.93. The molecule has 1 aliphatic rings. The molecule has 1 aliphatic heterocycles. The predicted octanol–water partition coefficient (Wildman–Crippen LogP) is 3.35. The van der Waals surface area contributed by atoms with Crippen molar-refractivity contribution in [3.05, 3.63) is 78.5 Å². The minimum atomic E-state index is -0.157. The molecular weight excluding hydrogens is 374 g/mol. The Morgan fingerprint density at radius 3 is 2.33 bits per heavy atom. The first-order chi connectivity index (χ1) is 14.7. The molecule has 3 heterocycles. The number of nitrogens with zero attached hydrogens (tertiary/aromatic N) is 4. The molecule has 1 amide bonds. The molecule has 2 aromatic carbocycles. The lowest BCUT2D eigenvalue weighted by Gasteiger charge is -2.36. The summed E-state index contributed by atoms with van der Waals surface area (Å²) in [4.78, 5) is 19.7. The number of aromatic nitrogens is 3. The molecule has 150 valence electrons. The van der Waals surface area contributed by atoms with E-state index in [0.717, 1.165) is 35.6 Å². The number of rotatable bonds is 5. The van der Waals surface area contributed by atoms with Gasteiger partial charge >= 0.3 is 0 Å². The van der Waals surface area contributed by atoms with Crippen LogP contribution in [0, 0.1) is 5.92 Å². The van der Waals surface area contributed by atoms with E-state index in [-0.39, 0.29) is 5.91 Å². The van der Waals surface area contributed by atoms with E-state index in [9.17, 15) is 4.79 Å². The van der Waals surface area contributed by atoms with Crippen LogP contribution in [-0.4, -0.2) is 52.1 Å². The Balaban J connectivity index is 1.53. The second-order valence-electron chi connectivity index (χ2n) is 7.86. The Morgan fingerprint density at radius 2 is 1.67 bits per heavy atom. The van der Waals surface area contributed by atoms with Crippen molar-refractivity contribution in [2.24, 2.45) is 5.92 Å². The highest BCUT2D eigenvalue weighted by atomic mass is 16.1. The van der Waals surface area contributed by atoms with Gasteiger partial charge in [0.1, 0.15) is 0 Å². The molecule has 6 nitrogen and oxygen atoms in total. The largest absolute Gasteiger partial charge is 0.350 e. The Kier molecular flexibility index (Phi) is 4.77. The van der Waals surface area contributed by atoms with Gasteiger partial charge in [-0.05, 0) is 13.1 Å². The Morgan fingerprint density at radius 1 is 1.00 bits per heavy atom. The van der Waals surface area contributed by atoms with E-state index in [2.05, 4.69) is 22.4 Å². The quantitative estimate of drug-likeness (QED) is 0.561. The van der Waals surface area contributed by atoms with Crippen LogP contribution in [0.5, 0.6) is 0 Å². The second-order valence-corrected chi connectivity index (χ2v) is 7.86. The first-order valence-corrected chi connectivity index (χ1v) is 10.2. The molecule has 0 saturated carbocycles. The van der Waals surface area contributed by atoms with Gasteiger partial charge in [0, 0.05) is 42.7 Å². The smallest absolute Gasteiger partial charge is 0.271 e. The molecule has 1 fully saturated rings. The second kappa shape index (κ2) is 7.72. The number of benzene rings is 2. The zero-order chi connectivity index (χ0) is 20.5. The zero-order valence-electron chi connectivity index (χ0n) is 16.8. The van der Waals surface area contributed by atoms with E-state index in [1.165, 1.54) is 0 Å². The van der Waals surface area contributed by atoms with Gasteiger partial charge < -0.3 is 10.2 Å². The third-order valence-corrected chi connectivity index (χ3v) is 5.49. The van der Waals surface area contributed by atoms with Crippen molar-refractivity contribution in [1.82, 2.24) is 24.8 Å². The van der Waals surface area contributed by atoms with Gasteiger partial charge in [-0.25, -0.2) is 9.50 Å². The summed E-state index contributed by atoms with van der Waals surface area (Å²) >= 11 is 0. The molecule has 0 aliphatic carbocycles. The number of carbonyl (C=O) groups excluding carboxylic acids is 1. The first kappa shape index (κ1) is 18.5. The lowest BCUT2D eigenvalue weighted by Crippen LogP contribution is -2.49. The molecule has 0 unspecified atom stereocenters. The van der Waals surface area contributed by atoms with Crippen molar-refractivity contribution in [2.45, 2.75) is 0 Å². The minimum absolute atomic E-state index is 0.157. The van der Waals surface area contributed by atoms with Crippen molar-refractivity contribution < 1.29 is 4.79 Å². The Bertz CT molecular complexity index is 1180. The highest BCUT2D eigenvalue weighted by Crippen LogP contribution is 2.26. The fraction of sp³-hybridized carbons (Fsp3) is 0.208. The lowest BCUT2D eigenvalue weighted by molar-refractivity contribution is 0.0893. The zero-order valence-corrected chi connectivity index (χ0v) is 16.8. The number of hydrogen-bond acceptors (Lipinski definition) is 4. The van der Waals surface area contributed by atoms with Gasteiger partial charge in [-0.3, -0.25) is 4.79 Å². The average Bonchev–Trinajstić information content (AvgIpc) is 3.20. The maximum atomic E-state index is 12.7. The van der Waals surface area contributed by atoms with E-state index in [1.807, 2.05) is 66.7 Å². The molecule has 0 atom stereocenters. The minimum Gasteiger partial charge on any atom is -0.350 e. The summed E-state index contributed by atoms with van der Waals surface area (Å²) in [6.45, 7) is 2.71. The predicted molar refractivity (Wildman–Crippen MR) is 117 cm³/mol. The fourth-order valence-electron chi connectivity index (χ4n) is 3.94. The Labute approximate surface area is 175 Å². The normalized spacial score (nSPS) is 14.6. The summed E-state index contributed by atoms with van der Waals surface area (Å²) in [6.07, 6.45) is 0. The van der Waals surface area contributed by atoms with Gasteiger partial charge in [-0.1, -0.05) is 60.7 Å². The molecule has 0 bridgehead atoms. The SMILES string of the molecule is CN1CC(CNC(=O)c2cc3nc(-c4ccccc4)cc(-c4ccccc4)n3n2)C1. The van der Waals surface area contributed by atoms with Gasteiger partial charge in [0.15, 0.2) is 11.3 Å². The number of amides is 1. The molecule has 1 saturated heterocycles. The van der Waals surface area contributed by atoms with Crippen molar-refractivity contribution in [2.75, 3.05) is 26.7 Å². The molecule has 2 aromatic heterocycles. The van der Waals surface area contributed by atoms with Crippen LogP contribution in [0.3, 0.4) is 0 Å². The van der Waals surface area contributed by atoms with Crippen molar-refractivity contribution >= 4 is 11.6 Å². The van der Waals surface area contributed by atoms with Gasteiger partial charge in [-0.2, -0.15) is 5.10 Å². The van der Waals surface area contributed by atoms with Gasteiger partial charge in [-0.15, -0.1) is 0 Å². The van der Waals surface area contributed by atoms with Gasteiger partial charge in [0.05, 0.1) is 11.4 Å². The Hall–Kier alpha value is -3.51. The molecular formula is C24H23N5O. The van der Waals surface area contributed by atoms with Crippen LogP contribution in [0.2, 0.25) is 0 Å². The maximum Gasteiger partial charge on any atom is 0.271 e. The first-order valence-electron chi connectivity index (χ1n) is 10.2. The number of fused-ring (bicyclic) bond motifs is 1. The summed E-state index contributed by atoms with van der Waals surface area (Å²) < 4.78 is 1.76. The number of hydrogen-bond donors (Lipinski definition) is 1. The third kappa shape index (κ3) is 3.57. The molecule has 1 N–H and O–H groups in total. The van der Waals surface area contributed by atoms with E-state index >= 15 is 0 Å². The number of carbonyl (C=O) groups is 1. The molecule has 4 aromatic rings. The fourth-order valence-corrected chi connectivity index (χ4v) is 3.94. The summed E-state index contributed by atoms with van der Waals surface area (Å²) in [5.74, 6) is 0.356. The van der Waals surface area contributed by atoms with Crippen LogP contribution in [0.4, 0.5) is 0 Å². The van der Waals surface area contributed by atoms with Crippen molar-refractivity contribution in [3.63, 3.8) is 0 Å². The lowest BCUT2D eigenvalue weighted by atomic mass is 10.0. The maximum absolute atomic E-state index is 12.7. The average molecular weight is 397 g/mol. The highest BCUT2D eigenvalue weighted by Gasteiger charge is 2.24. The molecule has 0 spiro atoms. The van der Waals surface area contributed by atoms with Crippen LogP contribution in [0.25, 0.3) is 28.2 Å². The molecule has 30 heavy (non-hydrogen) atoms. The van der Waals surface area contributed by atoms with Crippen molar-refractivity contribution in [3.8, 4) is 22.5 Å². The standard InChI is InChI=1S/C24H23N5O/c1-28-15-17(16-28)14-25-24(30)21-13-23-26-20(18-8-4-2-5-9-18)12-22(29(23)27-21)19-10-6-3-7-11-19/h2-13,17H,14-16H2,1H3,(H,25,30). The summed E-state index contributed by atoms with van der Waals surface area (Å²) in [7, 11) is 2.08. The number of nitrogens with one attached hydrogen (secondary N) is 1. The molecule has 6 heteroatoms. The summed E-state index contributed by atoms with van der Waals surface area (Å²) in [5, 5.41) is 7.61. The summed E-state index contributed by atoms with van der Waals surface area (Å²) in [5.41, 5.74) is 4.85. The van der Waals surface area contributed by atoms with Gasteiger partial charge in [0.25, 0.3) is 5.91 Å². The van der Waals surface area contributed by atoms with Crippen LogP contribution < -0.4 is 5.32 Å². The van der Waals surface area contributed by atoms with Crippen molar-refractivity contribution in [1.29, 1.82) is 0 Å². The van der Waals surface area contributed by atoms with Crippen LogP contribution >= 0.6 is 0 Å². The van der Waals surface area contributed by atoms with E-state index < -0.39 is 0 Å². The van der Waals surface area contributed by atoms with Crippen LogP contribution in [0.15, 0.2) is 72.8 Å². The molecule has 5 rings (SSSR count). The van der Waals surface area contributed by atoms with Gasteiger partial charge in [0.2, 0.25) is 0 Å². The number of likely N-dealkylation sites (tertiary alicyclic amines) is 1. The van der Waals surface area contributed by atoms with Crippen LogP contribution in [0.1, 0.15) is 10.5 Å². The van der Waals surface area contributed by atoms with E-state index in [4.69, 9.17) is 4.98 Å². The molecule has 0 radical (unpaired) electrons. The van der Waals surface area contributed by atoms with E-state index in [0.29, 0.717) is 23.8 Å². The third-order valence-electron chi connectivity index (χ3n) is 5.49. The monoisotopic (exact) mass is 397 g/mol. The van der Waals surface area contributed by atoms with E-state index in [1.54, 1.807) is 10.6 Å². The summed E-state index contributed by atoms with van der Waals surface area (Å²) in [6, 6.07) is 23.9.